The smallest absolute Gasteiger partial charge is 0.371 e. The summed E-state index contributed by atoms with van der Waals surface area (Å²) in [6.45, 7) is 15.8. The molecule has 17 heteroatoms. The molecule has 1 aliphatic carbocycles. The lowest BCUT2D eigenvalue weighted by molar-refractivity contribution is -0.137. The molecule has 2 aromatic carbocycles. The van der Waals surface area contributed by atoms with Crippen molar-refractivity contribution in [3.63, 3.8) is 0 Å². The summed E-state index contributed by atoms with van der Waals surface area (Å²) in [7, 11) is 0. The molecule has 5 atom stereocenters. The van der Waals surface area contributed by atoms with Gasteiger partial charge in [0, 0.05) is 69.3 Å². The topological polar surface area (TPSA) is 145 Å². The van der Waals surface area contributed by atoms with Crippen LogP contribution in [0.2, 0.25) is 0 Å². The minimum absolute atomic E-state index is 0.0533. The first kappa shape index (κ1) is 37.8. The standard InChI is InChI=1S/C41H42F3N9O5/c1-40(2,39(58)47-26-4-7-33(45-3)32(12-26)41(42,43)44)52-21-29(14-46-52)51-19-24-17-50(18-25(24)20-51)28-10-22-15-49(16-23(22)11-28)27-5-6-30-31(13-27)38(57)53(37(30)56)34-8-9-35(54)48-36(34)55/h4-7,12-14,21-25,28,34H,8-11,15-20H2,1-2H3,(H,47,58)(H,48,54,55). The number of likely N-dealkylation sites (tertiary alicyclic amines) is 1. The van der Waals surface area contributed by atoms with Gasteiger partial charge in [-0.2, -0.15) is 18.3 Å². The molecule has 5 aliphatic heterocycles. The number of aromatic nitrogens is 2. The second-order valence-electron chi connectivity index (χ2n) is 17.1. The first-order chi connectivity index (χ1) is 27.6. The third-order valence-corrected chi connectivity index (χ3v) is 13.3. The Balaban J connectivity index is 0.776. The van der Waals surface area contributed by atoms with Crippen molar-refractivity contribution in [1.82, 2.24) is 24.9 Å². The number of piperidine rings is 1. The number of nitrogens with zero attached hydrogens (tertiary/aromatic N) is 7. The fraction of sp³-hybridized carbons (Fsp3) is 0.488. The fourth-order valence-electron chi connectivity index (χ4n) is 10.1. The van der Waals surface area contributed by atoms with Crippen molar-refractivity contribution >= 4 is 52.3 Å². The fourth-order valence-corrected chi connectivity index (χ4v) is 10.1. The molecule has 2 N–H and O–H groups in total. The average molecular weight is 798 g/mol. The normalized spacial score (nSPS) is 27.2. The zero-order chi connectivity index (χ0) is 40.8. The highest BCUT2D eigenvalue weighted by molar-refractivity contribution is 6.23. The van der Waals surface area contributed by atoms with Crippen molar-refractivity contribution in [1.29, 1.82) is 0 Å². The van der Waals surface area contributed by atoms with Crippen LogP contribution in [0.15, 0.2) is 48.8 Å². The van der Waals surface area contributed by atoms with Crippen LogP contribution in [0.4, 0.5) is 35.9 Å². The van der Waals surface area contributed by atoms with Gasteiger partial charge in [0.25, 0.3) is 17.7 Å². The summed E-state index contributed by atoms with van der Waals surface area (Å²) in [6, 6.07) is 7.98. The minimum Gasteiger partial charge on any atom is -0.371 e. The number of hydrogen-bond donors (Lipinski definition) is 2. The van der Waals surface area contributed by atoms with Crippen molar-refractivity contribution in [2.24, 2.45) is 23.7 Å². The van der Waals surface area contributed by atoms with Gasteiger partial charge in [0.15, 0.2) is 5.69 Å². The number of carbonyl (C=O) groups is 5. The molecule has 6 aliphatic rings. The van der Waals surface area contributed by atoms with Crippen molar-refractivity contribution in [3.8, 4) is 0 Å². The lowest BCUT2D eigenvalue weighted by atomic mass is 10.0. The van der Waals surface area contributed by atoms with E-state index in [9.17, 15) is 37.1 Å². The summed E-state index contributed by atoms with van der Waals surface area (Å²) in [5, 5.41) is 9.29. The zero-order valence-corrected chi connectivity index (χ0v) is 32.0. The van der Waals surface area contributed by atoms with E-state index in [2.05, 4.69) is 35.3 Å². The number of alkyl halides is 3. The minimum atomic E-state index is -4.73. The van der Waals surface area contributed by atoms with E-state index in [1.807, 2.05) is 12.3 Å². The van der Waals surface area contributed by atoms with E-state index in [-0.39, 0.29) is 24.1 Å². The SMILES string of the molecule is [C-]#[N+]c1ccc(NC(=O)C(C)(C)n2cc(N3CC4CN(C5CC6CN(c7ccc8c(c7)C(=O)N(C7CCC(=O)NC7=O)C8=O)CC6C5)CC4C3)cn2)cc1C(F)(F)F. The monoisotopic (exact) mass is 797 g/mol. The quantitative estimate of drug-likeness (QED) is 0.261. The van der Waals surface area contributed by atoms with E-state index in [1.165, 1.54) is 10.7 Å². The van der Waals surface area contributed by atoms with Crippen molar-refractivity contribution in [2.75, 3.05) is 54.4 Å². The molecular weight excluding hydrogens is 756 g/mol. The van der Waals surface area contributed by atoms with Gasteiger partial charge in [0.1, 0.15) is 11.6 Å². The second-order valence-corrected chi connectivity index (χ2v) is 17.1. The van der Waals surface area contributed by atoms with Crippen LogP contribution in [0.25, 0.3) is 4.85 Å². The molecule has 4 saturated heterocycles. The summed E-state index contributed by atoms with van der Waals surface area (Å²) in [5.41, 5.74) is -0.537. The number of rotatable bonds is 7. The Morgan fingerprint density at radius 2 is 1.52 bits per heavy atom. The Morgan fingerprint density at radius 3 is 2.17 bits per heavy atom. The maximum atomic E-state index is 13.5. The molecule has 0 spiro atoms. The Labute approximate surface area is 332 Å². The van der Waals surface area contributed by atoms with E-state index < -0.39 is 58.5 Å². The van der Waals surface area contributed by atoms with Gasteiger partial charge in [-0.1, -0.05) is 6.07 Å². The molecule has 0 bridgehead atoms. The van der Waals surface area contributed by atoms with Crippen LogP contribution >= 0.6 is 0 Å². The molecule has 1 saturated carbocycles. The van der Waals surface area contributed by atoms with Gasteiger partial charge in [0.05, 0.1) is 35.1 Å². The van der Waals surface area contributed by atoms with E-state index in [4.69, 9.17) is 6.57 Å². The third-order valence-electron chi connectivity index (χ3n) is 13.3. The molecule has 3 aromatic rings. The zero-order valence-electron chi connectivity index (χ0n) is 32.0. The number of hydrogen-bond acceptors (Lipinski definition) is 9. The number of imide groups is 2. The van der Waals surface area contributed by atoms with Crippen LogP contribution in [0.5, 0.6) is 0 Å². The Bertz CT molecular complexity index is 2270. The molecular formula is C41H42F3N9O5. The highest BCUT2D eigenvalue weighted by Crippen LogP contribution is 2.45. The Hall–Kier alpha value is -5.76. The van der Waals surface area contributed by atoms with Gasteiger partial charge in [-0.3, -0.25) is 43.8 Å². The largest absolute Gasteiger partial charge is 0.407 e. The highest BCUT2D eigenvalue weighted by atomic mass is 19.4. The van der Waals surface area contributed by atoms with Gasteiger partial charge in [-0.15, -0.1) is 0 Å². The molecule has 302 valence electrons. The number of carbonyl (C=O) groups excluding carboxylic acids is 5. The lowest BCUT2D eigenvalue weighted by Gasteiger charge is -2.29. The van der Waals surface area contributed by atoms with Crippen LogP contribution in [0.1, 0.15) is 65.8 Å². The number of fused-ring (bicyclic) bond motifs is 3. The Morgan fingerprint density at radius 1 is 0.862 bits per heavy atom. The predicted octanol–water partition coefficient (Wildman–Crippen LogP) is 4.51. The van der Waals surface area contributed by atoms with Gasteiger partial charge in [-0.25, -0.2) is 4.85 Å². The molecule has 0 radical (unpaired) electrons. The summed E-state index contributed by atoms with van der Waals surface area (Å²) < 4.78 is 42.0. The lowest BCUT2D eigenvalue weighted by Crippen LogP contribution is -2.54. The molecule has 5 amide bonds. The molecule has 9 rings (SSSR count). The number of anilines is 3. The summed E-state index contributed by atoms with van der Waals surface area (Å²) in [4.78, 5) is 75.2. The van der Waals surface area contributed by atoms with Crippen LogP contribution in [-0.4, -0.2) is 100 Å². The summed E-state index contributed by atoms with van der Waals surface area (Å²) in [5.74, 6) is -0.549. The van der Waals surface area contributed by atoms with Crippen LogP contribution in [0, 0.1) is 30.2 Å². The maximum Gasteiger partial charge on any atom is 0.407 e. The molecule has 1 aromatic heterocycles. The van der Waals surface area contributed by atoms with Gasteiger partial charge in [0.2, 0.25) is 11.8 Å². The van der Waals surface area contributed by atoms with E-state index in [0.717, 1.165) is 80.5 Å². The number of benzene rings is 2. The van der Waals surface area contributed by atoms with E-state index >= 15 is 0 Å². The molecule has 5 fully saturated rings. The summed E-state index contributed by atoms with van der Waals surface area (Å²) >= 11 is 0. The van der Waals surface area contributed by atoms with Crippen molar-refractivity contribution < 1.29 is 37.1 Å². The average Bonchev–Trinajstić information content (AvgIpc) is 4.02. The number of amides is 5. The Kier molecular flexibility index (Phi) is 8.91. The molecule has 5 unspecified atom stereocenters. The van der Waals surface area contributed by atoms with Crippen LogP contribution in [-0.2, 0) is 26.1 Å². The van der Waals surface area contributed by atoms with Gasteiger partial charge >= 0.3 is 6.18 Å². The summed E-state index contributed by atoms with van der Waals surface area (Å²) in [6.07, 6.45) is 1.21. The molecule has 6 heterocycles. The maximum absolute atomic E-state index is 13.5. The molecule has 14 nitrogen and oxygen atoms in total. The van der Waals surface area contributed by atoms with Gasteiger partial charge < -0.3 is 15.1 Å². The van der Waals surface area contributed by atoms with E-state index in [1.54, 1.807) is 32.2 Å². The number of nitrogens with one attached hydrogen (secondary N) is 2. The van der Waals surface area contributed by atoms with E-state index in [0.29, 0.717) is 35.3 Å². The van der Waals surface area contributed by atoms with Crippen molar-refractivity contribution in [2.45, 2.75) is 63.3 Å². The van der Waals surface area contributed by atoms with Crippen LogP contribution in [0.3, 0.4) is 0 Å². The first-order valence-corrected chi connectivity index (χ1v) is 19.6. The second kappa shape index (κ2) is 13.7. The third kappa shape index (κ3) is 6.37. The first-order valence-electron chi connectivity index (χ1n) is 19.6. The number of halogens is 3. The van der Waals surface area contributed by atoms with Gasteiger partial charge in [-0.05, 0) is 87.1 Å². The van der Waals surface area contributed by atoms with Crippen molar-refractivity contribution in [3.05, 3.63) is 76.9 Å². The molecule has 58 heavy (non-hydrogen) atoms. The van der Waals surface area contributed by atoms with Crippen LogP contribution < -0.4 is 20.4 Å². The highest BCUT2D eigenvalue weighted by Gasteiger charge is 2.49. The predicted molar refractivity (Wildman–Crippen MR) is 204 cm³/mol.